The van der Waals surface area contributed by atoms with Crippen molar-refractivity contribution in [1.82, 2.24) is 10.2 Å². The lowest BCUT2D eigenvalue weighted by molar-refractivity contribution is 0.313. The standard InChI is InChI=1S/C15H21N5S/c1-12-10-13(20-8-6-19(2)7-9-20)4-5-14(12)18-15(21-3)17-11-16/h4-5,10H,6-9H2,1-3H3,(H,17,18). The summed E-state index contributed by atoms with van der Waals surface area (Å²) in [5, 5.41) is 11.9. The van der Waals surface area contributed by atoms with Crippen molar-refractivity contribution in [1.29, 1.82) is 5.26 Å². The number of aliphatic imine (C=N–C) groups is 1. The average molecular weight is 303 g/mol. The Kier molecular flexibility index (Phi) is 5.48. The molecule has 0 radical (unpaired) electrons. The van der Waals surface area contributed by atoms with Crippen molar-refractivity contribution in [2.75, 3.05) is 44.4 Å². The van der Waals surface area contributed by atoms with Crippen LogP contribution in [0.1, 0.15) is 5.56 Å². The molecule has 0 atom stereocenters. The number of amidine groups is 1. The zero-order chi connectivity index (χ0) is 15.2. The van der Waals surface area contributed by atoms with Gasteiger partial charge in [-0.1, -0.05) is 11.8 Å². The molecule has 0 spiro atoms. The Morgan fingerprint density at radius 1 is 1.33 bits per heavy atom. The van der Waals surface area contributed by atoms with Gasteiger partial charge in [0.15, 0.2) is 11.4 Å². The van der Waals surface area contributed by atoms with Gasteiger partial charge >= 0.3 is 0 Å². The van der Waals surface area contributed by atoms with E-state index < -0.39 is 0 Å². The molecule has 0 bridgehead atoms. The first-order valence-electron chi connectivity index (χ1n) is 6.96. The van der Waals surface area contributed by atoms with Crippen molar-refractivity contribution < 1.29 is 0 Å². The Morgan fingerprint density at radius 2 is 2.05 bits per heavy atom. The molecule has 2 rings (SSSR count). The predicted molar refractivity (Wildman–Crippen MR) is 90.2 cm³/mol. The fraction of sp³-hybridized carbons (Fsp3) is 0.467. The SMILES string of the molecule is CSC(=Nc1ccc(N2CCN(C)CC2)cc1C)NC#N. The lowest BCUT2D eigenvalue weighted by atomic mass is 10.1. The predicted octanol–water partition coefficient (Wildman–Crippen LogP) is 2.17. The Morgan fingerprint density at radius 3 is 2.62 bits per heavy atom. The molecule has 6 heteroatoms. The zero-order valence-corrected chi connectivity index (χ0v) is 13.6. The molecule has 0 saturated carbocycles. The third-order valence-electron chi connectivity index (χ3n) is 3.63. The number of aryl methyl sites for hydroxylation is 1. The van der Waals surface area contributed by atoms with E-state index in [-0.39, 0.29) is 0 Å². The van der Waals surface area contributed by atoms with Gasteiger partial charge in [0.1, 0.15) is 0 Å². The number of anilines is 1. The molecule has 21 heavy (non-hydrogen) atoms. The second kappa shape index (κ2) is 7.34. The van der Waals surface area contributed by atoms with Crippen molar-refractivity contribution in [2.45, 2.75) is 6.92 Å². The highest BCUT2D eigenvalue weighted by Crippen LogP contribution is 2.26. The summed E-state index contributed by atoms with van der Waals surface area (Å²) in [5.41, 5.74) is 3.27. The minimum atomic E-state index is 0.618. The second-order valence-corrected chi connectivity index (χ2v) is 5.91. The molecule has 1 N–H and O–H groups in total. The summed E-state index contributed by atoms with van der Waals surface area (Å²) in [7, 11) is 2.16. The number of nitrogens with one attached hydrogen (secondary N) is 1. The summed E-state index contributed by atoms with van der Waals surface area (Å²) in [6.07, 6.45) is 3.81. The van der Waals surface area contributed by atoms with Crippen molar-refractivity contribution in [3.63, 3.8) is 0 Å². The van der Waals surface area contributed by atoms with Crippen LogP contribution in [-0.4, -0.2) is 49.6 Å². The fourth-order valence-electron chi connectivity index (χ4n) is 2.31. The summed E-state index contributed by atoms with van der Waals surface area (Å²) in [5.74, 6) is 0. The van der Waals surface area contributed by atoms with E-state index in [0.29, 0.717) is 5.17 Å². The quantitative estimate of drug-likeness (QED) is 0.393. The summed E-state index contributed by atoms with van der Waals surface area (Å²) in [6.45, 7) is 6.38. The number of nitrogens with zero attached hydrogens (tertiary/aromatic N) is 4. The Hall–Kier alpha value is -1.71. The molecule has 1 fully saturated rings. The van der Waals surface area contributed by atoms with Gasteiger partial charge in [0.05, 0.1) is 5.69 Å². The number of rotatable bonds is 2. The molecule has 1 aromatic carbocycles. The molecule has 1 aromatic rings. The van der Waals surface area contributed by atoms with Gasteiger partial charge in [-0.3, -0.25) is 5.32 Å². The Bertz CT molecular complexity index is 556. The number of hydrogen-bond donors (Lipinski definition) is 1. The van der Waals surface area contributed by atoms with E-state index in [1.807, 2.05) is 18.5 Å². The molecule has 112 valence electrons. The molecule has 1 aliphatic heterocycles. The largest absolute Gasteiger partial charge is 0.369 e. The first kappa shape index (κ1) is 15.7. The Labute approximate surface area is 130 Å². The highest BCUT2D eigenvalue weighted by molar-refractivity contribution is 8.13. The van der Waals surface area contributed by atoms with Crippen LogP contribution in [0.2, 0.25) is 0 Å². The number of thioether (sulfide) groups is 1. The molecule has 1 saturated heterocycles. The van der Waals surface area contributed by atoms with Crippen LogP contribution in [0.4, 0.5) is 11.4 Å². The van der Waals surface area contributed by atoms with Crippen LogP contribution in [0, 0.1) is 18.4 Å². The molecule has 5 nitrogen and oxygen atoms in total. The summed E-state index contributed by atoms with van der Waals surface area (Å²) in [4.78, 5) is 9.24. The fourth-order valence-corrected chi connectivity index (χ4v) is 2.65. The molecule has 0 aliphatic carbocycles. The first-order chi connectivity index (χ1) is 10.1. The molecule has 1 heterocycles. The van der Waals surface area contributed by atoms with Crippen molar-refractivity contribution in [3.05, 3.63) is 23.8 Å². The van der Waals surface area contributed by atoms with Crippen LogP contribution in [0.25, 0.3) is 0 Å². The van der Waals surface area contributed by atoms with Gasteiger partial charge in [-0.05, 0) is 44.0 Å². The van der Waals surface area contributed by atoms with Gasteiger partial charge in [0, 0.05) is 31.9 Å². The van der Waals surface area contributed by atoms with Crippen molar-refractivity contribution in [2.24, 2.45) is 4.99 Å². The topological polar surface area (TPSA) is 54.7 Å². The van der Waals surface area contributed by atoms with E-state index in [1.165, 1.54) is 17.4 Å². The maximum Gasteiger partial charge on any atom is 0.183 e. The maximum atomic E-state index is 8.68. The van der Waals surface area contributed by atoms with Gasteiger partial charge in [-0.25, -0.2) is 4.99 Å². The molecular weight excluding hydrogens is 282 g/mol. The third-order valence-corrected chi connectivity index (χ3v) is 4.21. The monoisotopic (exact) mass is 303 g/mol. The maximum absolute atomic E-state index is 8.68. The number of hydrogen-bond acceptors (Lipinski definition) is 5. The van der Waals surface area contributed by atoms with E-state index in [4.69, 9.17) is 5.26 Å². The van der Waals surface area contributed by atoms with Crippen LogP contribution in [-0.2, 0) is 0 Å². The van der Waals surface area contributed by atoms with Gasteiger partial charge in [-0.2, -0.15) is 5.26 Å². The van der Waals surface area contributed by atoms with Crippen LogP contribution >= 0.6 is 11.8 Å². The zero-order valence-electron chi connectivity index (χ0n) is 12.8. The van der Waals surface area contributed by atoms with Gasteiger partial charge in [-0.15, -0.1) is 0 Å². The van der Waals surface area contributed by atoms with Gasteiger partial charge in [0.2, 0.25) is 0 Å². The van der Waals surface area contributed by atoms with Gasteiger partial charge in [0.25, 0.3) is 0 Å². The smallest absolute Gasteiger partial charge is 0.183 e. The number of nitriles is 1. The van der Waals surface area contributed by atoms with Crippen molar-refractivity contribution >= 4 is 28.3 Å². The van der Waals surface area contributed by atoms with Crippen LogP contribution in [0.5, 0.6) is 0 Å². The van der Waals surface area contributed by atoms with Crippen LogP contribution in [0.15, 0.2) is 23.2 Å². The van der Waals surface area contributed by atoms with Gasteiger partial charge < -0.3 is 9.80 Å². The summed E-state index contributed by atoms with van der Waals surface area (Å²) < 4.78 is 0. The van der Waals surface area contributed by atoms with Crippen LogP contribution in [0.3, 0.4) is 0 Å². The summed E-state index contributed by atoms with van der Waals surface area (Å²) >= 11 is 1.43. The average Bonchev–Trinajstić information content (AvgIpc) is 2.49. The van der Waals surface area contributed by atoms with E-state index in [2.05, 4.69) is 46.2 Å². The lowest BCUT2D eigenvalue weighted by Crippen LogP contribution is -2.44. The molecular formula is C15H21N5S. The number of benzene rings is 1. The normalized spacial score (nSPS) is 16.7. The number of piperazine rings is 1. The number of likely N-dealkylation sites (N-methyl/N-ethyl adjacent to an activating group) is 1. The van der Waals surface area contributed by atoms with E-state index in [9.17, 15) is 0 Å². The molecule has 0 unspecified atom stereocenters. The van der Waals surface area contributed by atoms with Crippen LogP contribution < -0.4 is 10.2 Å². The highest BCUT2D eigenvalue weighted by atomic mass is 32.2. The first-order valence-corrected chi connectivity index (χ1v) is 8.18. The molecule has 0 amide bonds. The lowest BCUT2D eigenvalue weighted by Gasteiger charge is -2.34. The minimum Gasteiger partial charge on any atom is -0.369 e. The van der Waals surface area contributed by atoms with E-state index in [1.54, 1.807) is 0 Å². The molecule has 0 aromatic heterocycles. The molecule has 1 aliphatic rings. The Balaban J connectivity index is 2.16. The minimum absolute atomic E-state index is 0.618. The highest BCUT2D eigenvalue weighted by Gasteiger charge is 2.14. The third kappa shape index (κ3) is 4.13. The van der Waals surface area contributed by atoms with Crippen molar-refractivity contribution in [3.8, 4) is 6.19 Å². The second-order valence-electron chi connectivity index (χ2n) is 5.12. The van der Waals surface area contributed by atoms with E-state index >= 15 is 0 Å². The van der Waals surface area contributed by atoms with E-state index in [0.717, 1.165) is 37.4 Å². The summed E-state index contributed by atoms with van der Waals surface area (Å²) in [6, 6.07) is 6.31.